The first kappa shape index (κ1) is 22.0. The second-order valence-electron chi connectivity index (χ2n) is 8.23. The smallest absolute Gasteiger partial charge is 0.220 e. The third-order valence-corrected chi connectivity index (χ3v) is 5.26. The van der Waals surface area contributed by atoms with Crippen molar-refractivity contribution in [3.8, 4) is 0 Å². The Morgan fingerprint density at radius 1 is 1.19 bits per heavy atom. The third-order valence-electron chi connectivity index (χ3n) is 5.26. The summed E-state index contributed by atoms with van der Waals surface area (Å²) in [7, 11) is 1.76. The summed E-state index contributed by atoms with van der Waals surface area (Å²) < 4.78 is 5.86. The quantitative estimate of drug-likeness (QED) is 0.318. The van der Waals surface area contributed by atoms with E-state index in [9.17, 15) is 4.79 Å². The summed E-state index contributed by atoms with van der Waals surface area (Å²) >= 11 is 0. The van der Waals surface area contributed by atoms with Gasteiger partial charge in [-0.3, -0.25) is 14.7 Å². The van der Waals surface area contributed by atoms with Gasteiger partial charge in [0.15, 0.2) is 5.96 Å². The van der Waals surface area contributed by atoms with E-state index in [1.807, 2.05) is 0 Å². The van der Waals surface area contributed by atoms with Gasteiger partial charge < -0.3 is 20.7 Å². The largest absolute Gasteiger partial charge is 0.374 e. The van der Waals surface area contributed by atoms with Crippen molar-refractivity contribution >= 4 is 11.9 Å². The van der Waals surface area contributed by atoms with E-state index in [1.165, 1.54) is 25.7 Å². The Hall–Kier alpha value is -1.34. The zero-order chi connectivity index (χ0) is 19.5. The van der Waals surface area contributed by atoms with Crippen LogP contribution in [0.5, 0.6) is 0 Å². The second kappa shape index (κ2) is 12.2. The van der Waals surface area contributed by atoms with Crippen LogP contribution in [0.1, 0.15) is 46.0 Å². The molecule has 0 radical (unpaired) electrons. The molecule has 1 aliphatic heterocycles. The first-order chi connectivity index (χ1) is 13.1. The summed E-state index contributed by atoms with van der Waals surface area (Å²) in [4.78, 5) is 18.7. The Labute approximate surface area is 164 Å². The third kappa shape index (κ3) is 8.93. The van der Waals surface area contributed by atoms with Crippen molar-refractivity contribution in [2.24, 2.45) is 16.8 Å². The molecule has 7 nitrogen and oxygen atoms in total. The number of guanidine groups is 1. The normalized spacial score (nSPS) is 22.2. The molecule has 2 aliphatic rings. The van der Waals surface area contributed by atoms with Crippen LogP contribution in [-0.2, 0) is 9.53 Å². The van der Waals surface area contributed by atoms with Crippen LogP contribution in [0.2, 0.25) is 0 Å². The summed E-state index contributed by atoms with van der Waals surface area (Å²) in [6.45, 7) is 10.4. The lowest BCUT2D eigenvalue weighted by Crippen LogP contribution is -2.50. The first-order valence-corrected chi connectivity index (χ1v) is 10.6. The van der Waals surface area contributed by atoms with Crippen LogP contribution < -0.4 is 16.0 Å². The second-order valence-corrected chi connectivity index (χ2v) is 8.23. The van der Waals surface area contributed by atoms with Crippen molar-refractivity contribution in [2.45, 2.75) is 52.1 Å². The summed E-state index contributed by atoms with van der Waals surface area (Å²) in [5.41, 5.74) is 0. The Bertz CT molecular complexity index is 463. The number of nitrogens with zero attached hydrogens (tertiary/aromatic N) is 2. The van der Waals surface area contributed by atoms with Gasteiger partial charge in [-0.05, 0) is 24.7 Å². The van der Waals surface area contributed by atoms with Gasteiger partial charge in [-0.1, -0.05) is 26.7 Å². The lowest BCUT2D eigenvalue weighted by molar-refractivity contribution is -0.121. The van der Waals surface area contributed by atoms with Crippen LogP contribution in [0.4, 0.5) is 0 Å². The molecule has 3 N–H and O–H groups in total. The fraction of sp³-hybridized carbons (Fsp3) is 0.900. The fourth-order valence-electron chi connectivity index (χ4n) is 3.95. The molecule has 1 amide bonds. The van der Waals surface area contributed by atoms with E-state index in [2.05, 4.69) is 39.7 Å². The maximum absolute atomic E-state index is 11.9. The number of hydrogen-bond acceptors (Lipinski definition) is 4. The molecule has 1 saturated heterocycles. The molecule has 156 valence electrons. The van der Waals surface area contributed by atoms with Gasteiger partial charge in [0.2, 0.25) is 5.91 Å². The van der Waals surface area contributed by atoms with Crippen LogP contribution in [0.3, 0.4) is 0 Å². The Balaban J connectivity index is 1.56. The highest BCUT2D eigenvalue weighted by Gasteiger charge is 2.21. The van der Waals surface area contributed by atoms with E-state index >= 15 is 0 Å². The molecule has 0 aromatic rings. The Morgan fingerprint density at radius 2 is 1.93 bits per heavy atom. The summed E-state index contributed by atoms with van der Waals surface area (Å²) in [5, 5.41) is 9.59. The lowest BCUT2D eigenvalue weighted by atomic mass is 10.0. The van der Waals surface area contributed by atoms with Gasteiger partial charge in [0, 0.05) is 52.7 Å². The van der Waals surface area contributed by atoms with Gasteiger partial charge in [-0.2, -0.15) is 0 Å². The van der Waals surface area contributed by atoms with Gasteiger partial charge in [0.1, 0.15) is 0 Å². The Kier molecular flexibility index (Phi) is 9.91. The van der Waals surface area contributed by atoms with Crippen molar-refractivity contribution in [1.82, 2.24) is 20.9 Å². The molecule has 2 rings (SSSR count). The molecule has 0 aromatic carbocycles. The number of amides is 1. The highest BCUT2D eigenvalue weighted by Crippen LogP contribution is 2.27. The molecule has 27 heavy (non-hydrogen) atoms. The summed E-state index contributed by atoms with van der Waals surface area (Å²) in [6, 6.07) is 0. The predicted molar refractivity (Wildman–Crippen MR) is 110 cm³/mol. The van der Waals surface area contributed by atoms with E-state index in [-0.39, 0.29) is 12.0 Å². The molecule has 0 bridgehead atoms. The highest BCUT2D eigenvalue weighted by atomic mass is 16.5. The van der Waals surface area contributed by atoms with Crippen molar-refractivity contribution in [2.75, 3.05) is 52.9 Å². The number of hydrogen-bond donors (Lipinski definition) is 3. The van der Waals surface area contributed by atoms with Gasteiger partial charge in [0.25, 0.3) is 0 Å². The average Bonchev–Trinajstić information content (AvgIpc) is 3.14. The average molecular weight is 382 g/mol. The van der Waals surface area contributed by atoms with Crippen molar-refractivity contribution in [1.29, 1.82) is 0 Å². The molecule has 0 aromatic heterocycles. The SMILES string of the molecule is CN=C(NCCNC(=O)CC1CCCC1)NCC1CN(CC(C)C)CCO1. The number of ether oxygens (including phenoxy) is 1. The highest BCUT2D eigenvalue weighted by molar-refractivity contribution is 5.80. The standard InChI is InChI=1S/C20H39N5O2/c1-16(2)14-25-10-11-27-18(15-25)13-24-20(21-3)23-9-8-22-19(26)12-17-6-4-5-7-17/h16-18H,4-15H2,1-3H3,(H,22,26)(H2,21,23,24). The number of nitrogens with one attached hydrogen (secondary N) is 3. The number of carbonyl (C=O) groups excluding carboxylic acids is 1. The summed E-state index contributed by atoms with van der Waals surface area (Å²) in [5.74, 6) is 2.20. The van der Waals surface area contributed by atoms with Gasteiger partial charge in [-0.15, -0.1) is 0 Å². The van der Waals surface area contributed by atoms with Crippen LogP contribution in [0.15, 0.2) is 4.99 Å². The van der Waals surface area contributed by atoms with Gasteiger partial charge in [-0.25, -0.2) is 0 Å². The van der Waals surface area contributed by atoms with Crippen LogP contribution in [0, 0.1) is 11.8 Å². The molecular weight excluding hydrogens is 342 g/mol. The molecule has 1 aliphatic carbocycles. The predicted octanol–water partition coefficient (Wildman–Crippen LogP) is 1.20. The number of rotatable bonds is 9. The molecule has 1 unspecified atom stereocenters. The van der Waals surface area contributed by atoms with E-state index in [4.69, 9.17) is 4.74 Å². The van der Waals surface area contributed by atoms with Crippen molar-refractivity contribution in [3.63, 3.8) is 0 Å². The van der Waals surface area contributed by atoms with Crippen molar-refractivity contribution in [3.05, 3.63) is 0 Å². The maximum atomic E-state index is 11.9. The minimum absolute atomic E-state index is 0.174. The van der Waals surface area contributed by atoms with Crippen molar-refractivity contribution < 1.29 is 9.53 Å². The lowest BCUT2D eigenvalue weighted by Gasteiger charge is -2.34. The molecule has 1 atom stereocenters. The molecule has 1 heterocycles. The van der Waals surface area contributed by atoms with E-state index in [0.717, 1.165) is 38.7 Å². The number of carbonyl (C=O) groups is 1. The van der Waals surface area contributed by atoms with E-state index in [0.29, 0.717) is 31.3 Å². The molecule has 7 heteroatoms. The molecular formula is C20H39N5O2. The molecule has 2 fully saturated rings. The van der Waals surface area contributed by atoms with Gasteiger partial charge in [0.05, 0.1) is 12.7 Å². The van der Waals surface area contributed by atoms with Crippen LogP contribution >= 0.6 is 0 Å². The Morgan fingerprint density at radius 3 is 2.63 bits per heavy atom. The molecule has 1 saturated carbocycles. The van der Waals surface area contributed by atoms with E-state index in [1.54, 1.807) is 7.05 Å². The number of aliphatic imine (C=N–C) groups is 1. The van der Waals surface area contributed by atoms with E-state index < -0.39 is 0 Å². The minimum atomic E-state index is 0.174. The maximum Gasteiger partial charge on any atom is 0.220 e. The number of morpholine rings is 1. The first-order valence-electron chi connectivity index (χ1n) is 10.6. The zero-order valence-corrected chi connectivity index (χ0v) is 17.4. The zero-order valence-electron chi connectivity index (χ0n) is 17.4. The topological polar surface area (TPSA) is 78.0 Å². The van der Waals surface area contributed by atoms with Gasteiger partial charge >= 0.3 is 0 Å². The summed E-state index contributed by atoms with van der Waals surface area (Å²) in [6.07, 6.45) is 5.84. The fourth-order valence-corrected chi connectivity index (χ4v) is 3.95. The van der Waals surface area contributed by atoms with Crippen LogP contribution in [-0.4, -0.2) is 75.8 Å². The monoisotopic (exact) mass is 381 g/mol. The van der Waals surface area contributed by atoms with Crippen LogP contribution in [0.25, 0.3) is 0 Å². The molecule has 0 spiro atoms. The minimum Gasteiger partial charge on any atom is -0.374 e.